The molecule has 3 rings (SSSR count). The number of aromatic nitrogens is 1. The minimum Gasteiger partial charge on any atom is -0.455 e. The minimum absolute atomic E-state index is 0.128. The highest BCUT2D eigenvalue weighted by Crippen LogP contribution is 2.25. The van der Waals surface area contributed by atoms with Gasteiger partial charge in [0.25, 0.3) is 5.91 Å². The predicted octanol–water partition coefficient (Wildman–Crippen LogP) is 4.22. The molecule has 0 aliphatic rings. The molecule has 5 nitrogen and oxygen atoms in total. The van der Waals surface area contributed by atoms with Gasteiger partial charge in [-0.1, -0.05) is 18.2 Å². The Morgan fingerprint density at radius 3 is 2.59 bits per heavy atom. The highest BCUT2D eigenvalue weighted by Gasteiger charge is 2.11. The lowest BCUT2D eigenvalue weighted by Gasteiger charge is -2.04. The smallest absolute Gasteiger partial charge is 0.316 e. The van der Waals surface area contributed by atoms with Gasteiger partial charge in [0, 0.05) is 15.8 Å². The van der Waals surface area contributed by atoms with Crippen LogP contribution in [-0.2, 0) is 14.3 Å². The molecule has 0 fully saturated rings. The van der Waals surface area contributed by atoms with E-state index in [4.69, 9.17) is 4.74 Å². The van der Waals surface area contributed by atoms with Crippen molar-refractivity contribution in [1.82, 2.24) is 4.98 Å². The lowest BCUT2D eigenvalue weighted by molar-refractivity contribution is -0.144. The van der Waals surface area contributed by atoms with Crippen LogP contribution in [0.4, 0.5) is 9.52 Å². The van der Waals surface area contributed by atoms with Gasteiger partial charge in [0.1, 0.15) is 5.82 Å². The van der Waals surface area contributed by atoms with Crippen molar-refractivity contribution in [2.24, 2.45) is 0 Å². The number of hydrogen-bond acceptors (Lipinski definition) is 6. The molecule has 0 aliphatic carbocycles. The number of ether oxygens (including phenoxy) is 1. The lowest BCUT2D eigenvalue weighted by Crippen LogP contribution is -2.21. The quantitative estimate of drug-likeness (QED) is 0.473. The normalized spacial score (nSPS) is 10.4. The number of rotatable bonds is 7. The van der Waals surface area contributed by atoms with Gasteiger partial charge in [-0.15, -0.1) is 23.1 Å². The van der Waals surface area contributed by atoms with Gasteiger partial charge in [0.15, 0.2) is 11.7 Å². The number of amides is 1. The molecule has 0 saturated carbocycles. The fourth-order valence-corrected chi connectivity index (χ4v) is 3.54. The number of halogens is 1. The van der Waals surface area contributed by atoms with Crippen LogP contribution in [0.3, 0.4) is 0 Å². The molecule has 0 saturated heterocycles. The standard InChI is InChI=1S/C19H15FN2O3S2/c20-14-8-6-13(7-9-14)16-11-27-19(21-16)22-17(23)10-25-18(24)12-26-15-4-2-1-3-5-15/h1-9,11H,10,12H2,(H,21,22,23). The van der Waals surface area contributed by atoms with Gasteiger partial charge in [-0.25, -0.2) is 9.37 Å². The van der Waals surface area contributed by atoms with Crippen molar-refractivity contribution in [2.75, 3.05) is 17.7 Å². The van der Waals surface area contributed by atoms with E-state index in [1.807, 2.05) is 30.3 Å². The molecule has 138 valence electrons. The van der Waals surface area contributed by atoms with Crippen LogP contribution >= 0.6 is 23.1 Å². The first kappa shape index (κ1) is 19.1. The van der Waals surface area contributed by atoms with Gasteiger partial charge in [-0.2, -0.15) is 0 Å². The fraction of sp³-hybridized carbons (Fsp3) is 0.105. The van der Waals surface area contributed by atoms with Crippen molar-refractivity contribution >= 4 is 40.1 Å². The van der Waals surface area contributed by atoms with Crippen LogP contribution in [0.1, 0.15) is 0 Å². The van der Waals surface area contributed by atoms with Crippen molar-refractivity contribution in [2.45, 2.75) is 4.90 Å². The molecule has 0 unspecified atom stereocenters. The van der Waals surface area contributed by atoms with Crippen molar-refractivity contribution < 1.29 is 18.7 Å². The van der Waals surface area contributed by atoms with Crippen LogP contribution in [0.5, 0.6) is 0 Å². The maximum absolute atomic E-state index is 13.0. The van der Waals surface area contributed by atoms with Crippen molar-refractivity contribution in [3.8, 4) is 11.3 Å². The summed E-state index contributed by atoms with van der Waals surface area (Å²) in [7, 11) is 0. The predicted molar refractivity (Wildman–Crippen MR) is 104 cm³/mol. The van der Waals surface area contributed by atoms with E-state index in [0.717, 1.165) is 10.5 Å². The summed E-state index contributed by atoms with van der Waals surface area (Å²) in [4.78, 5) is 28.9. The molecule has 2 aromatic carbocycles. The molecule has 0 atom stereocenters. The summed E-state index contributed by atoms with van der Waals surface area (Å²) in [6.07, 6.45) is 0. The Hall–Kier alpha value is -2.71. The number of hydrogen-bond donors (Lipinski definition) is 1. The summed E-state index contributed by atoms with van der Waals surface area (Å²) >= 11 is 2.58. The molecule has 0 aliphatic heterocycles. The molecular formula is C19H15FN2O3S2. The maximum atomic E-state index is 13.0. The van der Waals surface area contributed by atoms with E-state index in [-0.39, 0.29) is 18.2 Å². The topological polar surface area (TPSA) is 68.3 Å². The van der Waals surface area contributed by atoms with Gasteiger partial charge in [-0.05, 0) is 36.4 Å². The van der Waals surface area contributed by atoms with E-state index in [2.05, 4.69) is 10.3 Å². The van der Waals surface area contributed by atoms with Crippen molar-refractivity contribution in [3.05, 3.63) is 65.8 Å². The molecule has 3 aromatic rings. The largest absolute Gasteiger partial charge is 0.455 e. The number of carbonyl (C=O) groups excluding carboxylic acids is 2. The molecule has 0 radical (unpaired) electrons. The average molecular weight is 402 g/mol. The summed E-state index contributed by atoms with van der Waals surface area (Å²) in [6, 6.07) is 15.4. The van der Waals surface area contributed by atoms with E-state index in [1.54, 1.807) is 17.5 Å². The van der Waals surface area contributed by atoms with Crippen LogP contribution in [0.25, 0.3) is 11.3 Å². The third-order valence-electron chi connectivity index (χ3n) is 3.35. The SMILES string of the molecule is O=C(COC(=O)CSc1ccccc1)Nc1nc(-c2ccc(F)cc2)cs1. The number of nitrogens with zero attached hydrogens (tertiary/aromatic N) is 1. The Labute approximate surface area is 163 Å². The van der Waals surface area contributed by atoms with Crippen LogP contribution in [0, 0.1) is 5.82 Å². The monoisotopic (exact) mass is 402 g/mol. The molecule has 0 spiro atoms. The molecule has 0 bridgehead atoms. The highest BCUT2D eigenvalue weighted by molar-refractivity contribution is 8.00. The van der Waals surface area contributed by atoms with Gasteiger partial charge in [0.05, 0.1) is 11.4 Å². The molecule has 27 heavy (non-hydrogen) atoms. The van der Waals surface area contributed by atoms with Crippen LogP contribution in [0.15, 0.2) is 64.9 Å². The number of thiazole rings is 1. The number of esters is 1. The second-order valence-electron chi connectivity index (χ2n) is 5.36. The number of thioether (sulfide) groups is 1. The third kappa shape index (κ3) is 5.90. The molecule has 1 amide bonds. The Morgan fingerprint density at radius 1 is 1.11 bits per heavy atom. The molecule has 1 heterocycles. The number of anilines is 1. The zero-order valence-corrected chi connectivity index (χ0v) is 15.7. The number of nitrogens with one attached hydrogen (secondary N) is 1. The molecule has 1 N–H and O–H groups in total. The Balaban J connectivity index is 1.44. The molecule has 8 heteroatoms. The van der Waals surface area contributed by atoms with Gasteiger partial charge in [0.2, 0.25) is 0 Å². The molecule has 1 aromatic heterocycles. The average Bonchev–Trinajstić information content (AvgIpc) is 3.14. The van der Waals surface area contributed by atoms with E-state index < -0.39 is 11.9 Å². The third-order valence-corrected chi connectivity index (χ3v) is 5.10. The first-order chi connectivity index (χ1) is 13.1. The number of carbonyl (C=O) groups is 2. The van der Waals surface area contributed by atoms with Crippen molar-refractivity contribution in [1.29, 1.82) is 0 Å². The van der Waals surface area contributed by atoms with E-state index in [1.165, 1.54) is 35.2 Å². The summed E-state index contributed by atoms with van der Waals surface area (Å²) in [6.45, 7) is -0.375. The summed E-state index contributed by atoms with van der Waals surface area (Å²) in [5.41, 5.74) is 1.38. The fourth-order valence-electron chi connectivity index (χ4n) is 2.09. The zero-order chi connectivity index (χ0) is 19.1. The van der Waals surface area contributed by atoms with Crippen LogP contribution in [-0.4, -0.2) is 29.2 Å². The first-order valence-electron chi connectivity index (χ1n) is 7.95. The van der Waals surface area contributed by atoms with E-state index in [9.17, 15) is 14.0 Å². The van der Waals surface area contributed by atoms with Crippen LogP contribution in [0.2, 0.25) is 0 Å². The minimum atomic E-state index is -0.467. The van der Waals surface area contributed by atoms with E-state index >= 15 is 0 Å². The summed E-state index contributed by atoms with van der Waals surface area (Å²) in [5.74, 6) is -1.13. The van der Waals surface area contributed by atoms with Crippen molar-refractivity contribution in [3.63, 3.8) is 0 Å². The zero-order valence-electron chi connectivity index (χ0n) is 14.1. The Bertz CT molecular complexity index is 914. The van der Waals surface area contributed by atoms with E-state index in [0.29, 0.717) is 10.8 Å². The first-order valence-corrected chi connectivity index (χ1v) is 9.81. The lowest BCUT2D eigenvalue weighted by atomic mass is 10.2. The number of benzene rings is 2. The molecular weight excluding hydrogens is 387 g/mol. The summed E-state index contributed by atoms with van der Waals surface area (Å²) < 4.78 is 17.9. The Kier molecular flexibility index (Phi) is 6.56. The van der Waals surface area contributed by atoms with Crippen LogP contribution < -0.4 is 5.32 Å². The van der Waals surface area contributed by atoms with Gasteiger partial charge in [-0.3, -0.25) is 14.9 Å². The van der Waals surface area contributed by atoms with Gasteiger partial charge < -0.3 is 4.74 Å². The second-order valence-corrected chi connectivity index (χ2v) is 7.26. The maximum Gasteiger partial charge on any atom is 0.316 e. The Morgan fingerprint density at radius 2 is 1.85 bits per heavy atom. The highest BCUT2D eigenvalue weighted by atomic mass is 32.2. The summed E-state index contributed by atoms with van der Waals surface area (Å²) in [5, 5.41) is 4.72. The van der Waals surface area contributed by atoms with Gasteiger partial charge >= 0.3 is 5.97 Å². The second kappa shape index (κ2) is 9.29.